The van der Waals surface area contributed by atoms with Crippen LogP contribution in [0.2, 0.25) is 0 Å². The predicted molar refractivity (Wildman–Crippen MR) is 96.1 cm³/mol. The first-order valence-corrected chi connectivity index (χ1v) is 8.98. The topological polar surface area (TPSA) is 88.9 Å². The summed E-state index contributed by atoms with van der Waals surface area (Å²) in [5, 5.41) is 14.0. The number of carbonyl (C=O) groups is 2. The van der Waals surface area contributed by atoms with Gasteiger partial charge in [-0.15, -0.1) is 16.8 Å². The number of hydrogen-bond acceptors (Lipinski definition) is 5. The maximum Gasteiger partial charge on any atom is 0.321 e. The molecule has 0 atom stereocenters. The fourth-order valence-corrected chi connectivity index (χ4v) is 2.98. The first kappa shape index (κ1) is 17.2. The van der Waals surface area contributed by atoms with Gasteiger partial charge in [-0.2, -0.15) is 0 Å². The summed E-state index contributed by atoms with van der Waals surface area (Å²) < 4.78 is 1.89. The summed E-state index contributed by atoms with van der Waals surface area (Å²) in [4.78, 5) is 23.5. The van der Waals surface area contributed by atoms with Gasteiger partial charge in [-0.05, 0) is 12.8 Å². The van der Waals surface area contributed by atoms with Gasteiger partial charge in [0.2, 0.25) is 5.91 Å². The number of allylic oxidation sites excluding steroid dienone is 1. The Hall–Kier alpha value is -2.61. The first-order chi connectivity index (χ1) is 12.2. The molecule has 0 aliphatic heterocycles. The van der Waals surface area contributed by atoms with E-state index in [4.69, 9.17) is 0 Å². The van der Waals surface area contributed by atoms with E-state index in [9.17, 15) is 9.59 Å². The van der Waals surface area contributed by atoms with E-state index in [0.29, 0.717) is 11.7 Å². The lowest BCUT2D eigenvalue weighted by atomic mass is 10.2. The SMILES string of the molecule is C=CCn1c(SCC(=O)NC(=O)NC2CC2)nnc1-c1ccccc1. The molecule has 3 amide bonds. The van der Waals surface area contributed by atoms with Crippen LogP contribution in [0.15, 0.2) is 48.1 Å². The number of nitrogens with one attached hydrogen (secondary N) is 2. The van der Waals surface area contributed by atoms with E-state index >= 15 is 0 Å². The van der Waals surface area contributed by atoms with Gasteiger partial charge >= 0.3 is 6.03 Å². The van der Waals surface area contributed by atoms with Gasteiger partial charge in [0.05, 0.1) is 5.75 Å². The molecule has 7 nitrogen and oxygen atoms in total. The molecule has 25 heavy (non-hydrogen) atoms. The average molecular weight is 357 g/mol. The second-order valence-corrected chi connectivity index (χ2v) is 6.60. The predicted octanol–water partition coefficient (Wildman–Crippen LogP) is 2.21. The quantitative estimate of drug-likeness (QED) is 0.586. The van der Waals surface area contributed by atoms with Crippen LogP contribution in [0.4, 0.5) is 4.79 Å². The van der Waals surface area contributed by atoms with Crippen molar-refractivity contribution in [2.45, 2.75) is 30.6 Å². The van der Waals surface area contributed by atoms with Gasteiger partial charge in [0.15, 0.2) is 11.0 Å². The van der Waals surface area contributed by atoms with Crippen molar-refractivity contribution in [1.29, 1.82) is 0 Å². The number of carbonyl (C=O) groups excluding carboxylic acids is 2. The van der Waals surface area contributed by atoms with Crippen LogP contribution >= 0.6 is 11.8 Å². The van der Waals surface area contributed by atoms with Crippen molar-refractivity contribution in [2.24, 2.45) is 0 Å². The van der Waals surface area contributed by atoms with E-state index in [1.165, 1.54) is 11.8 Å². The Bertz CT molecular complexity index is 771. The molecule has 0 bridgehead atoms. The smallest absolute Gasteiger partial charge is 0.321 e. The number of benzene rings is 1. The molecule has 1 aliphatic carbocycles. The number of hydrogen-bond donors (Lipinski definition) is 2. The lowest BCUT2D eigenvalue weighted by Gasteiger charge is -2.08. The van der Waals surface area contributed by atoms with Crippen molar-refractivity contribution < 1.29 is 9.59 Å². The molecule has 0 saturated heterocycles. The molecule has 0 spiro atoms. The lowest BCUT2D eigenvalue weighted by molar-refractivity contribution is -0.117. The monoisotopic (exact) mass is 357 g/mol. The summed E-state index contributed by atoms with van der Waals surface area (Å²) in [6, 6.07) is 9.47. The van der Waals surface area contributed by atoms with E-state index in [0.717, 1.165) is 24.2 Å². The highest BCUT2D eigenvalue weighted by Crippen LogP contribution is 2.23. The molecule has 2 aromatic rings. The van der Waals surface area contributed by atoms with Gasteiger partial charge in [-0.25, -0.2) is 4.79 Å². The van der Waals surface area contributed by atoms with E-state index in [1.54, 1.807) is 6.08 Å². The first-order valence-electron chi connectivity index (χ1n) is 8.00. The van der Waals surface area contributed by atoms with Crippen molar-refractivity contribution in [3.8, 4) is 11.4 Å². The zero-order chi connectivity index (χ0) is 17.6. The number of imide groups is 1. The number of amides is 3. The van der Waals surface area contributed by atoms with Gasteiger partial charge < -0.3 is 5.32 Å². The molecule has 1 aliphatic rings. The van der Waals surface area contributed by atoms with Crippen LogP contribution in [-0.4, -0.2) is 38.5 Å². The molecule has 3 rings (SSSR count). The van der Waals surface area contributed by atoms with Gasteiger partial charge in [-0.3, -0.25) is 14.7 Å². The highest BCUT2D eigenvalue weighted by Gasteiger charge is 2.24. The molecule has 0 radical (unpaired) electrons. The van der Waals surface area contributed by atoms with E-state index in [1.807, 2.05) is 34.9 Å². The highest BCUT2D eigenvalue weighted by atomic mass is 32.2. The van der Waals surface area contributed by atoms with Crippen LogP contribution < -0.4 is 10.6 Å². The van der Waals surface area contributed by atoms with Crippen LogP contribution in [0, 0.1) is 0 Å². The fraction of sp³-hybridized carbons (Fsp3) is 0.294. The van der Waals surface area contributed by atoms with Gasteiger partial charge in [0.25, 0.3) is 0 Å². The van der Waals surface area contributed by atoms with Crippen LogP contribution in [0.25, 0.3) is 11.4 Å². The molecule has 1 saturated carbocycles. The van der Waals surface area contributed by atoms with Crippen molar-refractivity contribution in [3.63, 3.8) is 0 Å². The summed E-state index contributed by atoms with van der Waals surface area (Å²) in [5.74, 6) is 0.440. The number of urea groups is 1. The molecule has 1 fully saturated rings. The number of aromatic nitrogens is 3. The Morgan fingerprint density at radius 1 is 1.28 bits per heavy atom. The maximum absolute atomic E-state index is 11.9. The third-order valence-corrected chi connectivity index (χ3v) is 4.53. The summed E-state index contributed by atoms with van der Waals surface area (Å²) >= 11 is 1.24. The number of rotatable bonds is 7. The Labute approximate surface area is 149 Å². The molecule has 130 valence electrons. The number of nitrogens with zero attached hydrogens (tertiary/aromatic N) is 3. The maximum atomic E-state index is 11.9. The zero-order valence-corrected chi connectivity index (χ0v) is 14.5. The molecule has 2 N–H and O–H groups in total. The van der Waals surface area contributed by atoms with Crippen molar-refractivity contribution in [2.75, 3.05) is 5.75 Å². The van der Waals surface area contributed by atoms with Crippen LogP contribution in [0.3, 0.4) is 0 Å². The van der Waals surface area contributed by atoms with Crippen molar-refractivity contribution in [3.05, 3.63) is 43.0 Å². The summed E-state index contributed by atoms with van der Waals surface area (Å²) in [6.45, 7) is 4.29. The van der Waals surface area contributed by atoms with E-state index in [2.05, 4.69) is 27.4 Å². The minimum absolute atomic E-state index is 0.0855. The van der Waals surface area contributed by atoms with Crippen LogP contribution in [0.1, 0.15) is 12.8 Å². The molecule has 1 aromatic heterocycles. The van der Waals surface area contributed by atoms with E-state index < -0.39 is 6.03 Å². The second kappa shape index (κ2) is 7.98. The van der Waals surface area contributed by atoms with Crippen molar-refractivity contribution in [1.82, 2.24) is 25.4 Å². The van der Waals surface area contributed by atoms with Gasteiger partial charge in [0.1, 0.15) is 0 Å². The normalized spacial score (nSPS) is 13.3. The Morgan fingerprint density at radius 3 is 2.72 bits per heavy atom. The van der Waals surface area contributed by atoms with Gasteiger partial charge in [-0.1, -0.05) is 48.2 Å². The largest absolute Gasteiger partial charge is 0.335 e. The minimum Gasteiger partial charge on any atom is -0.335 e. The lowest BCUT2D eigenvalue weighted by Crippen LogP contribution is -2.41. The Morgan fingerprint density at radius 2 is 2.04 bits per heavy atom. The van der Waals surface area contributed by atoms with Gasteiger partial charge in [0, 0.05) is 18.2 Å². The van der Waals surface area contributed by atoms with Crippen molar-refractivity contribution >= 4 is 23.7 Å². The zero-order valence-electron chi connectivity index (χ0n) is 13.6. The summed E-state index contributed by atoms with van der Waals surface area (Å²) in [5.41, 5.74) is 0.942. The molecule has 1 heterocycles. The molecular weight excluding hydrogens is 338 g/mol. The summed E-state index contributed by atoms with van der Waals surface area (Å²) in [7, 11) is 0. The minimum atomic E-state index is -0.439. The van der Waals surface area contributed by atoms with Crippen LogP contribution in [0.5, 0.6) is 0 Å². The molecular formula is C17H19N5O2S. The average Bonchev–Trinajstić information content (AvgIpc) is 3.32. The summed E-state index contributed by atoms with van der Waals surface area (Å²) in [6.07, 6.45) is 3.70. The van der Waals surface area contributed by atoms with E-state index in [-0.39, 0.29) is 17.7 Å². The molecule has 0 unspecified atom stereocenters. The number of thioether (sulfide) groups is 1. The fourth-order valence-electron chi connectivity index (χ4n) is 2.23. The molecule has 1 aromatic carbocycles. The Kier molecular flexibility index (Phi) is 5.49. The third kappa shape index (κ3) is 4.69. The highest BCUT2D eigenvalue weighted by molar-refractivity contribution is 7.99. The molecule has 8 heteroatoms. The standard InChI is InChI=1S/C17H19N5O2S/c1-2-10-22-15(12-6-4-3-5-7-12)20-21-17(22)25-11-14(23)19-16(24)18-13-8-9-13/h2-7,13H,1,8-11H2,(H2,18,19,23,24). The Balaban J connectivity index is 1.63. The second-order valence-electron chi connectivity index (χ2n) is 5.66. The van der Waals surface area contributed by atoms with Crippen LogP contribution in [-0.2, 0) is 11.3 Å². The third-order valence-electron chi connectivity index (χ3n) is 3.56.